The van der Waals surface area contributed by atoms with Crippen molar-refractivity contribution in [1.29, 1.82) is 0 Å². The molecule has 3 rings (SSSR count). The van der Waals surface area contributed by atoms with Crippen molar-refractivity contribution in [3.8, 4) is 0 Å². The molecule has 1 aliphatic carbocycles. The Labute approximate surface area is 149 Å². The molecule has 2 aromatic heterocycles. The SMILES string of the molecule is C=CCC(=O)N(c1ccsc1C(=O)O)[C@H]1CC[C@H](n2ccnn2)CC1. The van der Waals surface area contributed by atoms with Crippen LogP contribution in [0.1, 0.15) is 47.8 Å². The van der Waals surface area contributed by atoms with Gasteiger partial charge in [-0.15, -0.1) is 23.0 Å². The van der Waals surface area contributed by atoms with Gasteiger partial charge in [0.15, 0.2) is 0 Å². The van der Waals surface area contributed by atoms with Gasteiger partial charge < -0.3 is 10.0 Å². The minimum absolute atomic E-state index is 0.0140. The summed E-state index contributed by atoms with van der Waals surface area (Å²) in [6.07, 6.45) is 8.60. The highest BCUT2D eigenvalue weighted by atomic mass is 32.1. The molecule has 0 bridgehead atoms. The highest BCUT2D eigenvalue weighted by Crippen LogP contribution is 2.36. The number of carbonyl (C=O) groups excluding carboxylic acids is 1. The van der Waals surface area contributed by atoms with Crippen molar-refractivity contribution < 1.29 is 14.7 Å². The normalized spacial score (nSPS) is 20.2. The zero-order valence-corrected chi connectivity index (χ0v) is 14.6. The van der Waals surface area contributed by atoms with Crippen LogP contribution in [0.15, 0.2) is 36.5 Å². The average Bonchev–Trinajstić information content (AvgIpc) is 3.28. The van der Waals surface area contributed by atoms with Crippen LogP contribution in [0.2, 0.25) is 0 Å². The number of aromatic nitrogens is 3. The number of aromatic carboxylic acids is 1. The molecule has 7 nitrogen and oxygen atoms in total. The summed E-state index contributed by atoms with van der Waals surface area (Å²) in [7, 11) is 0. The Morgan fingerprint density at radius 1 is 1.40 bits per heavy atom. The summed E-state index contributed by atoms with van der Waals surface area (Å²) in [6, 6.07) is 1.98. The first-order chi connectivity index (χ1) is 12.1. The van der Waals surface area contributed by atoms with Crippen molar-refractivity contribution in [3.63, 3.8) is 0 Å². The number of carboxylic acid groups (broad SMARTS) is 1. The second-order valence-electron chi connectivity index (χ2n) is 6.04. The molecule has 0 unspecified atom stereocenters. The van der Waals surface area contributed by atoms with Crippen LogP contribution in [0.25, 0.3) is 0 Å². The van der Waals surface area contributed by atoms with E-state index in [4.69, 9.17) is 0 Å². The van der Waals surface area contributed by atoms with Gasteiger partial charge in [-0.3, -0.25) is 4.79 Å². The third-order valence-electron chi connectivity index (χ3n) is 4.53. The molecule has 1 amide bonds. The Hall–Kier alpha value is -2.48. The molecule has 0 aliphatic heterocycles. The van der Waals surface area contributed by atoms with Crippen LogP contribution in [0.4, 0.5) is 5.69 Å². The summed E-state index contributed by atoms with van der Waals surface area (Å²) in [4.78, 5) is 26.0. The van der Waals surface area contributed by atoms with Crippen LogP contribution >= 0.6 is 11.3 Å². The molecular weight excluding hydrogens is 340 g/mol. The molecule has 2 aromatic rings. The number of hydrogen-bond donors (Lipinski definition) is 1. The van der Waals surface area contributed by atoms with Gasteiger partial charge in [-0.2, -0.15) is 0 Å². The number of nitrogens with zero attached hydrogens (tertiary/aromatic N) is 4. The number of thiophene rings is 1. The molecule has 0 aromatic carbocycles. The maximum Gasteiger partial charge on any atom is 0.348 e. The minimum Gasteiger partial charge on any atom is -0.477 e. The maximum absolute atomic E-state index is 12.7. The van der Waals surface area contributed by atoms with E-state index in [-0.39, 0.29) is 29.3 Å². The summed E-state index contributed by atoms with van der Waals surface area (Å²) in [5.74, 6) is -1.11. The number of hydrogen-bond acceptors (Lipinski definition) is 5. The van der Waals surface area contributed by atoms with Crippen molar-refractivity contribution >= 4 is 28.9 Å². The monoisotopic (exact) mass is 360 g/mol. The van der Waals surface area contributed by atoms with Gasteiger partial charge in [0.1, 0.15) is 4.88 Å². The lowest BCUT2D eigenvalue weighted by Gasteiger charge is -2.36. The summed E-state index contributed by atoms with van der Waals surface area (Å²) in [5.41, 5.74) is 0.494. The zero-order valence-electron chi connectivity index (χ0n) is 13.7. The van der Waals surface area contributed by atoms with E-state index in [1.807, 2.05) is 10.9 Å². The van der Waals surface area contributed by atoms with E-state index in [2.05, 4.69) is 16.9 Å². The number of carbonyl (C=O) groups is 2. The van der Waals surface area contributed by atoms with Crippen molar-refractivity contribution in [3.05, 3.63) is 41.4 Å². The second kappa shape index (κ2) is 7.60. The number of carboxylic acids is 1. The van der Waals surface area contributed by atoms with Gasteiger partial charge in [0, 0.05) is 18.7 Å². The molecule has 8 heteroatoms. The number of anilines is 1. The van der Waals surface area contributed by atoms with E-state index in [1.165, 1.54) is 0 Å². The van der Waals surface area contributed by atoms with Crippen LogP contribution in [-0.2, 0) is 4.79 Å². The lowest BCUT2D eigenvalue weighted by Crippen LogP contribution is -2.43. The fourth-order valence-corrected chi connectivity index (χ4v) is 4.12. The third-order valence-corrected chi connectivity index (χ3v) is 5.42. The number of amides is 1. The first-order valence-electron chi connectivity index (χ1n) is 8.21. The van der Waals surface area contributed by atoms with Crippen molar-refractivity contribution in [2.45, 2.75) is 44.2 Å². The standard InChI is InChI=1S/C17H20N4O3S/c1-2-3-15(22)21(14-8-11-25-16(14)17(23)24)13-6-4-12(5-7-13)20-10-9-18-19-20/h2,8-13H,1,3-7H2,(H,23,24)/t12-,13-. The molecule has 1 fully saturated rings. The van der Waals surface area contributed by atoms with Gasteiger partial charge in [0.05, 0.1) is 17.9 Å². The fourth-order valence-electron chi connectivity index (χ4n) is 3.40. The predicted molar refractivity (Wildman–Crippen MR) is 94.9 cm³/mol. The maximum atomic E-state index is 12.7. The summed E-state index contributed by atoms with van der Waals surface area (Å²) in [6.45, 7) is 3.63. The number of rotatable bonds is 6. The molecule has 0 radical (unpaired) electrons. The first kappa shape index (κ1) is 17.3. The van der Waals surface area contributed by atoms with Crippen LogP contribution in [0.3, 0.4) is 0 Å². The van der Waals surface area contributed by atoms with Crippen molar-refractivity contribution in [2.24, 2.45) is 0 Å². The topological polar surface area (TPSA) is 88.3 Å². The van der Waals surface area contributed by atoms with Crippen LogP contribution < -0.4 is 4.90 Å². The molecule has 132 valence electrons. The average molecular weight is 360 g/mol. The van der Waals surface area contributed by atoms with E-state index < -0.39 is 5.97 Å². The Morgan fingerprint density at radius 2 is 2.16 bits per heavy atom. The Bertz CT molecular complexity index is 748. The lowest BCUT2D eigenvalue weighted by molar-refractivity contribution is -0.118. The van der Waals surface area contributed by atoms with E-state index in [1.54, 1.807) is 28.6 Å². The molecule has 1 aliphatic rings. The van der Waals surface area contributed by atoms with Crippen LogP contribution in [0.5, 0.6) is 0 Å². The molecule has 0 saturated heterocycles. The van der Waals surface area contributed by atoms with Gasteiger partial charge in [-0.1, -0.05) is 11.3 Å². The molecule has 25 heavy (non-hydrogen) atoms. The quantitative estimate of drug-likeness (QED) is 0.800. The van der Waals surface area contributed by atoms with Crippen molar-refractivity contribution in [2.75, 3.05) is 4.90 Å². The summed E-state index contributed by atoms with van der Waals surface area (Å²) < 4.78 is 1.86. The van der Waals surface area contributed by atoms with Gasteiger partial charge >= 0.3 is 5.97 Å². The molecule has 1 N–H and O–H groups in total. The zero-order chi connectivity index (χ0) is 17.8. The third kappa shape index (κ3) is 3.63. The predicted octanol–water partition coefficient (Wildman–Crippen LogP) is 3.13. The van der Waals surface area contributed by atoms with E-state index in [9.17, 15) is 14.7 Å². The summed E-state index contributed by atoms with van der Waals surface area (Å²) >= 11 is 1.14. The smallest absolute Gasteiger partial charge is 0.348 e. The van der Waals surface area contributed by atoms with Crippen LogP contribution in [0, 0.1) is 0 Å². The second-order valence-corrected chi connectivity index (χ2v) is 6.96. The van der Waals surface area contributed by atoms with Gasteiger partial charge in [-0.05, 0) is 37.1 Å². The van der Waals surface area contributed by atoms with E-state index in [0.29, 0.717) is 5.69 Å². The van der Waals surface area contributed by atoms with Gasteiger partial charge in [-0.25, -0.2) is 9.48 Å². The fraction of sp³-hybridized carbons (Fsp3) is 0.412. The Kier molecular flexibility index (Phi) is 5.28. The highest BCUT2D eigenvalue weighted by molar-refractivity contribution is 7.12. The molecular formula is C17H20N4O3S. The van der Waals surface area contributed by atoms with Gasteiger partial charge in [0.25, 0.3) is 0 Å². The lowest BCUT2D eigenvalue weighted by atomic mass is 9.89. The van der Waals surface area contributed by atoms with Gasteiger partial charge in [0.2, 0.25) is 5.91 Å². The molecule has 0 atom stereocenters. The molecule has 0 spiro atoms. The van der Waals surface area contributed by atoms with Crippen molar-refractivity contribution in [1.82, 2.24) is 15.0 Å². The Morgan fingerprint density at radius 3 is 2.76 bits per heavy atom. The van der Waals surface area contributed by atoms with E-state index >= 15 is 0 Å². The largest absolute Gasteiger partial charge is 0.477 e. The first-order valence-corrected chi connectivity index (χ1v) is 9.09. The highest BCUT2D eigenvalue weighted by Gasteiger charge is 2.32. The minimum atomic E-state index is -1.00. The van der Waals surface area contributed by atoms with E-state index in [0.717, 1.165) is 37.0 Å². The molecule has 1 saturated carbocycles. The van der Waals surface area contributed by atoms with Crippen LogP contribution in [-0.4, -0.2) is 38.0 Å². The Balaban J connectivity index is 1.81. The summed E-state index contributed by atoms with van der Waals surface area (Å²) in [5, 5.41) is 19.0. The molecule has 2 heterocycles.